The zero-order valence-corrected chi connectivity index (χ0v) is 19.4. The van der Waals surface area contributed by atoms with Gasteiger partial charge in [0.1, 0.15) is 0 Å². The van der Waals surface area contributed by atoms with Gasteiger partial charge in [-0.15, -0.1) is 10.2 Å². The number of nitrogens with zero attached hydrogens (tertiary/aromatic N) is 5. The Balaban J connectivity index is 1.52. The van der Waals surface area contributed by atoms with Crippen molar-refractivity contribution < 1.29 is 9.72 Å². The Kier molecular flexibility index (Phi) is 7.02. The molecular weight excluding hydrogens is 440 g/mol. The first-order chi connectivity index (χ1) is 15.9. The molecule has 2 aromatic heterocycles. The summed E-state index contributed by atoms with van der Waals surface area (Å²) in [6.45, 7) is 3.99. The van der Waals surface area contributed by atoms with Gasteiger partial charge in [0.25, 0.3) is 5.69 Å². The minimum absolute atomic E-state index is 0.00231. The van der Waals surface area contributed by atoms with Crippen LogP contribution in [0.2, 0.25) is 0 Å². The topological polar surface area (TPSA) is 116 Å². The van der Waals surface area contributed by atoms with Crippen LogP contribution in [0.4, 0.5) is 11.4 Å². The number of benzene rings is 1. The predicted octanol–water partition coefficient (Wildman–Crippen LogP) is 5.04. The molecule has 0 saturated heterocycles. The van der Waals surface area contributed by atoms with E-state index in [-0.39, 0.29) is 23.4 Å². The maximum atomic E-state index is 12.7. The van der Waals surface area contributed by atoms with Crippen LogP contribution in [0.3, 0.4) is 0 Å². The van der Waals surface area contributed by atoms with E-state index < -0.39 is 4.92 Å². The highest BCUT2D eigenvalue weighted by Gasteiger charge is 2.29. The van der Waals surface area contributed by atoms with Crippen LogP contribution in [0.5, 0.6) is 0 Å². The van der Waals surface area contributed by atoms with E-state index in [1.165, 1.54) is 30.3 Å². The van der Waals surface area contributed by atoms with Gasteiger partial charge in [-0.3, -0.25) is 24.5 Å². The summed E-state index contributed by atoms with van der Waals surface area (Å²) in [5, 5.41) is 23.4. The number of hydrogen-bond acceptors (Lipinski definition) is 7. The molecule has 1 amide bonds. The van der Waals surface area contributed by atoms with Gasteiger partial charge >= 0.3 is 0 Å². The normalized spacial score (nSPS) is 18.1. The second-order valence-electron chi connectivity index (χ2n) is 8.34. The first-order valence-electron chi connectivity index (χ1n) is 11.0. The molecule has 3 aromatic rings. The molecule has 33 heavy (non-hydrogen) atoms. The Labute approximate surface area is 196 Å². The molecule has 172 valence electrons. The molecule has 1 fully saturated rings. The molecule has 0 bridgehead atoms. The summed E-state index contributed by atoms with van der Waals surface area (Å²) in [6.07, 6.45) is 8.10. The fourth-order valence-electron chi connectivity index (χ4n) is 4.26. The van der Waals surface area contributed by atoms with Crippen LogP contribution in [0.25, 0.3) is 11.4 Å². The van der Waals surface area contributed by atoms with Crippen molar-refractivity contribution in [1.82, 2.24) is 19.7 Å². The van der Waals surface area contributed by atoms with Crippen molar-refractivity contribution >= 4 is 29.0 Å². The van der Waals surface area contributed by atoms with E-state index >= 15 is 0 Å². The van der Waals surface area contributed by atoms with Crippen LogP contribution in [0.15, 0.2) is 47.9 Å². The van der Waals surface area contributed by atoms with Crippen LogP contribution >= 0.6 is 11.8 Å². The van der Waals surface area contributed by atoms with Crippen molar-refractivity contribution in [1.29, 1.82) is 0 Å². The summed E-state index contributed by atoms with van der Waals surface area (Å²) >= 11 is 1.35. The molecule has 0 unspecified atom stereocenters. The molecule has 2 heterocycles. The molecule has 0 spiro atoms. The highest BCUT2D eigenvalue weighted by Crippen LogP contribution is 2.38. The first kappa shape index (κ1) is 22.9. The quantitative estimate of drug-likeness (QED) is 0.295. The Morgan fingerprint density at radius 3 is 2.79 bits per heavy atom. The average molecular weight is 467 g/mol. The number of carbonyl (C=O) groups excluding carboxylic acids is 1. The third-order valence-corrected chi connectivity index (χ3v) is 6.95. The van der Waals surface area contributed by atoms with Gasteiger partial charge < -0.3 is 5.32 Å². The molecule has 4 rings (SSSR count). The zero-order valence-electron chi connectivity index (χ0n) is 18.6. The number of nitro groups is 1. The second kappa shape index (κ2) is 10.1. The van der Waals surface area contributed by atoms with Gasteiger partial charge in [-0.1, -0.05) is 31.5 Å². The number of non-ortho nitro benzene ring substituents is 1. The van der Waals surface area contributed by atoms with Gasteiger partial charge in [0.15, 0.2) is 11.0 Å². The Bertz CT molecular complexity index is 1150. The standard InChI is InChI=1S/C23H26N6O3S/c1-15-6-3-4-8-20(15)28-22(17-7-5-11-24-13-17)26-27-23(28)33-14-21(30)25-19-10-9-18(29(31)32)12-16(19)2/h5,7,9-13,15,20H,3-4,6,8,14H2,1-2H3,(H,25,30)/t15-,20+/m0/s1. The molecule has 0 aliphatic heterocycles. The second-order valence-corrected chi connectivity index (χ2v) is 9.28. The third-order valence-electron chi connectivity index (χ3n) is 6.01. The van der Waals surface area contributed by atoms with Crippen molar-refractivity contribution in [3.63, 3.8) is 0 Å². The molecule has 2 atom stereocenters. The maximum absolute atomic E-state index is 12.7. The van der Waals surface area contributed by atoms with E-state index in [1.807, 2.05) is 12.1 Å². The lowest BCUT2D eigenvalue weighted by Gasteiger charge is -2.31. The molecule has 1 saturated carbocycles. The number of nitro benzene ring substituents is 1. The number of amides is 1. The predicted molar refractivity (Wildman–Crippen MR) is 127 cm³/mol. The molecule has 1 aliphatic rings. The maximum Gasteiger partial charge on any atom is 0.269 e. The van der Waals surface area contributed by atoms with E-state index in [0.29, 0.717) is 22.3 Å². The highest BCUT2D eigenvalue weighted by atomic mass is 32.2. The molecule has 10 heteroatoms. The van der Waals surface area contributed by atoms with E-state index in [1.54, 1.807) is 25.4 Å². The third kappa shape index (κ3) is 5.22. The summed E-state index contributed by atoms with van der Waals surface area (Å²) in [6, 6.07) is 8.51. The molecule has 0 radical (unpaired) electrons. The number of hydrogen-bond donors (Lipinski definition) is 1. The Hall–Kier alpha value is -3.27. The summed E-state index contributed by atoms with van der Waals surface area (Å²) in [7, 11) is 0. The molecular formula is C23H26N6O3S. The largest absolute Gasteiger partial charge is 0.325 e. The lowest BCUT2D eigenvalue weighted by molar-refractivity contribution is -0.384. The Morgan fingerprint density at radius 2 is 2.09 bits per heavy atom. The lowest BCUT2D eigenvalue weighted by atomic mass is 9.85. The number of aryl methyl sites for hydroxylation is 1. The summed E-state index contributed by atoms with van der Waals surface area (Å²) in [5.41, 5.74) is 2.10. The summed E-state index contributed by atoms with van der Waals surface area (Å²) in [4.78, 5) is 27.4. The van der Waals surface area contributed by atoms with Crippen LogP contribution in [-0.4, -0.2) is 36.3 Å². The van der Waals surface area contributed by atoms with Crippen LogP contribution in [0.1, 0.15) is 44.2 Å². The highest BCUT2D eigenvalue weighted by molar-refractivity contribution is 7.99. The SMILES string of the molecule is Cc1cc([N+](=O)[O-])ccc1NC(=O)CSc1nnc(-c2cccnc2)n1[C@@H]1CCCC[C@@H]1C. The molecule has 1 aromatic carbocycles. The van der Waals surface area contributed by atoms with Gasteiger partial charge in [0.05, 0.1) is 10.7 Å². The molecule has 9 nitrogen and oxygen atoms in total. The van der Waals surface area contributed by atoms with Crippen LogP contribution < -0.4 is 5.32 Å². The minimum atomic E-state index is -0.451. The van der Waals surface area contributed by atoms with Crippen LogP contribution in [0, 0.1) is 23.0 Å². The fraction of sp³-hybridized carbons (Fsp3) is 0.391. The van der Waals surface area contributed by atoms with Gasteiger partial charge in [-0.2, -0.15) is 0 Å². The summed E-state index contributed by atoms with van der Waals surface area (Å²) in [5.74, 6) is 1.21. The number of anilines is 1. The van der Waals surface area contributed by atoms with Crippen molar-refractivity contribution in [2.45, 2.75) is 50.7 Å². The lowest BCUT2D eigenvalue weighted by Crippen LogP contribution is -2.23. The van der Waals surface area contributed by atoms with E-state index in [4.69, 9.17) is 0 Å². The first-order valence-corrected chi connectivity index (χ1v) is 12.0. The van der Waals surface area contributed by atoms with E-state index in [2.05, 4.69) is 32.0 Å². The summed E-state index contributed by atoms with van der Waals surface area (Å²) < 4.78 is 2.18. The molecule has 1 aliphatic carbocycles. The Morgan fingerprint density at radius 1 is 1.27 bits per heavy atom. The van der Waals surface area contributed by atoms with Crippen molar-refractivity contribution in [3.05, 3.63) is 58.4 Å². The van der Waals surface area contributed by atoms with Gasteiger partial charge in [0, 0.05) is 41.8 Å². The number of rotatable bonds is 7. The number of aromatic nitrogens is 4. The zero-order chi connectivity index (χ0) is 23.4. The van der Waals surface area contributed by atoms with Crippen LogP contribution in [-0.2, 0) is 4.79 Å². The van der Waals surface area contributed by atoms with E-state index in [9.17, 15) is 14.9 Å². The van der Waals surface area contributed by atoms with Gasteiger partial charge in [0.2, 0.25) is 5.91 Å². The monoisotopic (exact) mass is 466 g/mol. The van der Waals surface area contributed by atoms with Gasteiger partial charge in [-0.05, 0) is 49.4 Å². The van der Waals surface area contributed by atoms with Crippen molar-refractivity contribution in [3.8, 4) is 11.4 Å². The average Bonchev–Trinajstić information content (AvgIpc) is 3.23. The molecule has 1 N–H and O–H groups in total. The van der Waals surface area contributed by atoms with Gasteiger partial charge in [-0.25, -0.2) is 0 Å². The number of carbonyl (C=O) groups is 1. The minimum Gasteiger partial charge on any atom is -0.325 e. The fourth-order valence-corrected chi connectivity index (χ4v) is 5.06. The number of thioether (sulfide) groups is 1. The van der Waals surface area contributed by atoms with Crippen molar-refractivity contribution in [2.24, 2.45) is 5.92 Å². The van der Waals surface area contributed by atoms with Crippen molar-refractivity contribution in [2.75, 3.05) is 11.1 Å². The smallest absolute Gasteiger partial charge is 0.269 e. The number of nitrogens with one attached hydrogen (secondary N) is 1. The van der Waals surface area contributed by atoms with E-state index in [0.717, 1.165) is 30.7 Å². The number of pyridine rings is 1.